The van der Waals surface area contributed by atoms with E-state index in [4.69, 9.17) is 10.6 Å². The lowest BCUT2D eigenvalue weighted by atomic mass is 10.0. The molecule has 0 amide bonds. The summed E-state index contributed by atoms with van der Waals surface area (Å²) in [7, 11) is 3.30. The van der Waals surface area contributed by atoms with Crippen molar-refractivity contribution in [2.45, 2.75) is 31.3 Å². The van der Waals surface area contributed by atoms with Gasteiger partial charge in [0.1, 0.15) is 0 Å². The summed E-state index contributed by atoms with van der Waals surface area (Å²) in [5.41, 5.74) is 1.71. The van der Waals surface area contributed by atoms with Gasteiger partial charge in [0.2, 0.25) is 11.9 Å². The van der Waals surface area contributed by atoms with Gasteiger partial charge in [-0.2, -0.15) is 15.0 Å². The summed E-state index contributed by atoms with van der Waals surface area (Å²) in [4.78, 5) is 14.0. The molecule has 8 nitrogen and oxygen atoms in total. The van der Waals surface area contributed by atoms with Crippen molar-refractivity contribution in [3.8, 4) is 6.01 Å². The summed E-state index contributed by atoms with van der Waals surface area (Å²) >= 11 is 0. The highest BCUT2D eigenvalue weighted by Crippen LogP contribution is 2.30. The molecule has 106 valence electrons. The lowest BCUT2D eigenvalue weighted by molar-refractivity contribution is 0.0556. The third-order valence-corrected chi connectivity index (χ3v) is 3.32. The van der Waals surface area contributed by atoms with E-state index in [1.165, 1.54) is 7.11 Å². The number of likely N-dealkylation sites (N-methyl/N-ethyl adjacent to an activating group) is 1. The second kappa shape index (κ2) is 5.54. The molecule has 8 heteroatoms. The lowest BCUT2D eigenvalue weighted by Crippen LogP contribution is -2.40. The number of methoxy groups -OCH3 is 1. The van der Waals surface area contributed by atoms with Gasteiger partial charge in [-0.25, -0.2) is 5.84 Å². The maximum atomic E-state index is 10.4. The topological polar surface area (TPSA) is 109 Å². The average Bonchev–Trinajstić information content (AvgIpc) is 2.84. The number of rotatable bonds is 5. The molecule has 0 saturated heterocycles. The first-order valence-electron chi connectivity index (χ1n) is 6.26. The molecule has 1 aromatic rings. The van der Waals surface area contributed by atoms with E-state index in [0.29, 0.717) is 12.5 Å². The number of hydrazine groups is 1. The van der Waals surface area contributed by atoms with E-state index in [1.54, 1.807) is 4.90 Å². The van der Waals surface area contributed by atoms with Crippen LogP contribution in [0.4, 0.5) is 11.9 Å². The first-order chi connectivity index (χ1) is 9.06. The van der Waals surface area contributed by atoms with Crippen LogP contribution in [0.1, 0.15) is 25.7 Å². The number of hydrogen-bond acceptors (Lipinski definition) is 8. The second-order valence-electron chi connectivity index (χ2n) is 4.88. The number of nitrogens with zero attached hydrogens (tertiary/aromatic N) is 4. The molecule has 0 radical (unpaired) electrons. The minimum absolute atomic E-state index is 0.184. The quantitative estimate of drug-likeness (QED) is 0.502. The highest BCUT2D eigenvalue weighted by Gasteiger charge is 2.33. The molecule has 0 spiro atoms. The Balaban J connectivity index is 2.15. The van der Waals surface area contributed by atoms with E-state index >= 15 is 0 Å². The Morgan fingerprint density at radius 2 is 2.05 bits per heavy atom. The van der Waals surface area contributed by atoms with Gasteiger partial charge in [-0.3, -0.25) is 5.43 Å². The normalized spacial score (nSPS) is 17.3. The zero-order chi connectivity index (χ0) is 13.9. The van der Waals surface area contributed by atoms with Crippen molar-refractivity contribution < 1.29 is 9.84 Å². The monoisotopic (exact) mass is 268 g/mol. The molecule has 1 aliphatic rings. The Kier molecular flexibility index (Phi) is 4.01. The van der Waals surface area contributed by atoms with Crippen LogP contribution in [0.3, 0.4) is 0 Å². The molecule has 2 rings (SSSR count). The van der Waals surface area contributed by atoms with Crippen LogP contribution < -0.4 is 20.9 Å². The number of anilines is 2. The number of aliphatic hydroxyl groups is 1. The minimum Gasteiger partial charge on any atom is -0.467 e. The van der Waals surface area contributed by atoms with Crippen molar-refractivity contribution in [3.05, 3.63) is 0 Å². The molecule has 4 N–H and O–H groups in total. The molecular weight excluding hydrogens is 248 g/mol. The van der Waals surface area contributed by atoms with Crippen LogP contribution in [0.15, 0.2) is 0 Å². The Morgan fingerprint density at radius 3 is 2.63 bits per heavy atom. The van der Waals surface area contributed by atoms with Gasteiger partial charge in [0.15, 0.2) is 0 Å². The lowest BCUT2D eigenvalue weighted by Gasteiger charge is -2.28. The Hall–Kier alpha value is -1.67. The molecule has 1 saturated carbocycles. The van der Waals surface area contributed by atoms with Crippen LogP contribution in [0.2, 0.25) is 0 Å². The van der Waals surface area contributed by atoms with Gasteiger partial charge in [-0.1, -0.05) is 12.8 Å². The largest absolute Gasteiger partial charge is 0.467 e. The summed E-state index contributed by atoms with van der Waals surface area (Å²) in [5.74, 6) is 5.95. The molecule has 1 aromatic heterocycles. The predicted octanol–water partition coefficient (Wildman–Crippen LogP) is -0.0929. The number of hydrogen-bond donors (Lipinski definition) is 3. The number of nitrogens with one attached hydrogen (secondary N) is 1. The highest BCUT2D eigenvalue weighted by molar-refractivity contribution is 5.37. The molecule has 0 bridgehead atoms. The van der Waals surface area contributed by atoms with Gasteiger partial charge < -0.3 is 14.7 Å². The first-order valence-corrected chi connectivity index (χ1v) is 6.26. The maximum Gasteiger partial charge on any atom is 0.322 e. The van der Waals surface area contributed by atoms with Crippen LogP contribution >= 0.6 is 0 Å². The Morgan fingerprint density at radius 1 is 1.37 bits per heavy atom. The zero-order valence-corrected chi connectivity index (χ0v) is 11.3. The molecular formula is C11H20N6O2. The average molecular weight is 268 g/mol. The van der Waals surface area contributed by atoms with Gasteiger partial charge in [-0.15, -0.1) is 0 Å². The summed E-state index contributed by atoms with van der Waals surface area (Å²) in [5, 5.41) is 10.4. The first kappa shape index (κ1) is 13.8. The minimum atomic E-state index is -0.662. The SMILES string of the molecule is COc1nc(NN)nc(N(C)CC2(O)CCCC2)n1. The maximum absolute atomic E-state index is 10.4. The van der Waals surface area contributed by atoms with Crippen LogP contribution in [0, 0.1) is 0 Å². The van der Waals surface area contributed by atoms with Crippen molar-refractivity contribution in [2.24, 2.45) is 5.84 Å². The molecule has 0 atom stereocenters. The molecule has 0 aliphatic heterocycles. The predicted molar refractivity (Wildman–Crippen MR) is 70.9 cm³/mol. The summed E-state index contributed by atoms with van der Waals surface area (Å²) in [6.45, 7) is 0.476. The molecule has 1 heterocycles. The van der Waals surface area contributed by atoms with Gasteiger partial charge in [0.25, 0.3) is 0 Å². The van der Waals surface area contributed by atoms with E-state index in [0.717, 1.165) is 25.7 Å². The van der Waals surface area contributed by atoms with Crippen LogP contribution in [0.5, 0.6) is 6.01 Å². The molecule has 19 heavy (non-hydrogen) atoms. The van der Waals surface area contributed by atoms with Gasteiger partial charge in [-0.05, 0) is 12.8 Å². The number of ether oxygens (including phenoxy) is 1. The van der Waals surface area contributed by atoms with Crippen molar-refractivity contribution in [2.75, 3.05) is 31.0 Å². The summed E-state index contributed by atoms with van der Waals surface area (Å²) in [6, 6.07) is 0.184. The summed E-state index contributed by atoms with van der Waals surface area (Å²) in [6.07, 6.45) is 3.73. The van der Waals surface area contributed by atoms with E-state index in [9.17, 15) is 5.11 Å². The van der Waals surface area contributed by atoms with E-state index in [1.807, 2.05) is 7.05 Å². The fourth-order valence-corrected chi connectivity index (χ4v) is 2.38. The number of aromatic nitrogens is 3. The summed E-state index contributed by atoms with van der Waals surface area (Å²) < 4.78 is 5.00. The third kappa shape index (κ3) is 3.21. The zero-order valence-electron chi connectivity index (χ0n) is 11.3. The number of nitrogens with two attached hydrogens (primary N) is 1. The third-order valence-electron chi connectivity index (χ3n) is 3.32. The van der Waals surface area contributed by atoms with Crippen molar-refractivity contribution in [1.29, 1.82) is 0 Å². The van der Waals surface area contributed by atoms with Crippen molar-refractivity contribution >= 4 is 11.9 Å². The van der Waals surface area contributed by atoms with E-state index in [2.05, 4.69) is 20.4 Å². The van der Waals surface area contributed by atoms with Crippen LogP contribution in [-0.2, 0) is 0 Å². The van der Waals surface area contributed by atoms with E-state index in [-0.39, 0.29) is 12.0 Å². The van der Waals surface area contributed by atoms with E-state index < -0.39 is 5.60 Å². The Labute approximate surface area is 112 Å². The molecule has 0 aromatic carbocycles. The highest BCUT2D eigenvalue weighted by atomic mass is 16.5. The van der Waals surface area contributed by atoms with Crippen LogP contribution in [-0.4, -0.2) is 46.4 Å². The molecule has 0 unspecified atom stereocenters. The standard InChI is InChI=1S/C11H20N6O2/c1-17(7-11(18)5-3-4-6-11)9-13-8(16-12)14-10(15-9)19-2/h18H,3-7,12H2,1-2H3,(H,13,14,15,16). The fraction of sp³-hybridized carbons (Fsp3) is 0.727. The molecule has 1 aliphatic carbocycles. The molecule has 1 fully saturated rings. The Bertz CT molecular complexity index is 413. The van der Waals surface area contributed by atoms with Gasteiger partial charge in [0.05, 0.1) is 12.7 Å². The van der Waals surface area contributed by atoms with Crippen molar-refractivity contribution in [3.63, 3.8) is 0 Å². The van der Waals surface area contributed by atoms with Crippen molar-refractivity contribution in [1.82, 2.24) is 15.0 Å². The van der Waals surface area contributed by atoms with Gasteiger partial charge >= 0.3 is 6.01 Å². The second-order valence-corrected chi connectivity index (χ2v) is 4.88. The van der Waals surface area contributed by atoms with Gasteiger partial charge in [0, 0.05) is 13.6 Å². The smallest absolute Gasteiger partial charge is 0.322 e. The van der Waals surface area contributed by atoms with Crippen LogP contribution in [0.25, 0.3) is 0 Å². The number of nitrogen functional groups attached to an aromatic ring is 1. The fourth-order valence-electron chi connectivity index (χ4n) is 2.38.